The second-order valence-corrected chi connectivity index (χ2v) is 5.12. The topological polar surface area (TPSA) is 69.6 Å². The SMILES string of the molecule is C1CCC(NC2CCCCC2)CC1.O=C(O)O. The lowest BCUT2D eigenvalue weighted by Crippen LogP contribution is -2.40. The van der Waals surface area contributed by atoms with Crippen LogP contribution in [0.2, 0.25) is 0 Å². The summed E-state index contributed by atoms with van der Waals surface area (Å²) in [6.45, 7) is 0. The largest absolute Gasteiger partial charge is 0.503 e. The van der Waals surface area contributed by atoms with Crippen molar-refractivity contribution in [2.45, 2.75) is 76.3 Å². The van der Waals surface area contributed by atoms with Crippen LogP contribution in [-0.2, 0) is 0 Å². The molecule has 4 nitrogen and oxygen atoms in total. The molecule has 0 bridgehead atoms. The lowest BCUT2D eigenvalue weighted by Gasteiger charge is -2.30. The predicted molar refractivity (Wildman–Crippen MR) is 67.5 cm³/mol. The van der Waals surface area contributed by atoms with Crippen LogP contribution in [0, 0.1) is 0 Å². The third kappa shape index (κ3) is 7.21. The molecule has 0 atom stereocenters. The number of rotatable bonds is 2. The Morgan fingerprint density at radius 2 is 1.06 bits per heavy atom. The Bertz CT molecular complexity index is 189. The van der Waals surface area contributed by atoms with Gasteiger partial charge in [-0.15, -0.1) is 0 Å². The molecule has 2 aliphatic rings. The zero-order valence-electron chi connectivity index (χ0n) is 10.5. The highest BCUT2D eigenvalue weighted by Crippen LogP contribution is 2.22. The van der Waals surface area contributed by atoms with Crippen LogP contribution in [0.5, 0.6) is 0 Å². The molecule has 0 amide bonds. The van der Waals surface area contributed by atoms with Crippen LogP contribution in [0.4, 0.5) is 4.79 Å². The van der Waals surface area contributed by atoms with Crippen molar-refractivity contribution < 1.29 is 15.0 Å². The van der Waals surface area contributed by atoms with Crippen molar-refractivity contribution >= 4 is 6.16 Å². The molecule has 3 N–H and O–H groups in total. The molecule has 0 aromatic heterocycles. The molecule has 0 unspecified atom stereocenters. The standard InChI is InChI=1S/C12H23N.CH2O3/c1-3-7-11(8-4-1)13-12-9-5-2-6-10-12;2-1(3)4/h11-13H,1-10H2;(H2,2,3,4). The number of carboxylic acid groups (broad SMARTS) is 2. The minimum absolute atomic E-state index is 0.872. The molecule has 0 spiro atoms. The van der Waals surface area contributed by atoms with Gasteiger partial charge < -0.3 is 15.5 Å². The van der Waals surface area contributed by atoms with E-state index in [2.05, 4.69) is 5.32 Å². The van der Waals surface area contributed by atoms with Crippen LogP contribution in [0.1, 0.15) is 64.2 Å². The fourth-order valence-electron chi connectivity index (χ4n) is 2.87. The van der Waals surface area contributed by atoms with Crippen LogP contribution in [-0.4, -0.2) is 28.5 Å². The first-order valence-electron chi connectivity index (χ1n) is 6.86. The second kappa shape index (κ2) is 8.34. The summed E-state index contributed by atoms with van der Waals surface area (Å²) in [5.74, 6) is 0. The van der Waals surface area contributed by atoms with Gasteiger partial charge in [-0.05, 0) is 25.7 Å². The fraction of sp³-hybridized carbons (Fsp3) is 0.923. The number of hydrogen-bond acceptors (Lipinski definition) is 2. The van der Waals surface area contributed by atoms with Gasteiger partial charge in [-0.3, -0.25) is 0 Å². The van der Waals surface area contributed by atoms with Crippen molar-refractivity contribution in [2.24, 2.45) is 0 Å². The third-order valence-corrected chi connectivity index (χ3v) is 3.68. The minimum atomic E-state index is -1.83. The van der Waals surface area contributed by atoms with Gasteiger partial charge in [-0.25, -0.2) is 4.79 Å². The summed E-state index contributed by atoms with van der Waals surface area (Å²) in [5.41, 5.74) is 0. The van der Waals surface area contributed by atoms with Gasteiger partial charge in [0, 0.05) is 12.1 Å². The van der Waals surface area contributed by atoms with Gasteiger partial charge in [0.05, 0.1) is 0 Å². The smallest absolute Gasteiger partial charge is 0.450 e. The zero-order chi connectivity index (χ0) is 12.5. The molecule has 17 heavy (non-hydrogen) atoms. The fourth-order valence-corrected chi connectivity index (χ4v) is 2.87. The molecule has 0 saturated heterocycles. The minimum Gasteiger partial charge on any atom is -0.450 e. The number of carbonyl (C=O) groups is 1. The van der Waals surface area contributed by atoms with Crippen molar-refractivity contribution in [3.63, 3.8) is 0 Å². The first-order chi connectivity index (χ1) is 8.18. The zero-order valence-corrected chi connectivity index (χ0v) is 10.5. The Morgan fingerprint density at radius 3 is 1.35 bits per heavy atom. The van der Waals surface area contributed by atoms with E-state index in [9.17, 15) is 0 Å². The predicted octanol–water partition coefficient (Wildman–Crippen LogP) is 3.46. The van der Waals surface area contributed by atoms with Gasteiger partial charge in [0.2, 0.25) is 0 Å². The van der Waals surface area contributed by atoms with Crippen LogP contribution >= 0.6 is 0 Å². The summed E-state index contributed by atoms with van der Waals surface area (Å²) in [6.07, 6.45) is 12.7. The van der Waals surface area contributed by atoms with Crippen LogP contribution < -0.4 is 5.32 Å². The summed E-state index contributed by atoms with van der Waals surface area (Å²) >= 11 is 0. The van der Waals surface area contributed by atoms with Gasteiger partial charge in [-0.2, -0.15) is 0 Å². The van der Waals surface area contributed by atoms with E-state index in [1.807, 2.05) is 0 Å². The molecule has 2 fully saturated rings. The first kappa shape index (κ1) is 14.3. The summed E-state index contributed by atoms with van der Waals surface area (Å²) in [4.78, 5) is 8.56. The van der Waals surface area contributed by atoms with E-state index in [0.29, 0.717) is 0 Å². The quantitative estimate of drug-likeness (QED) is 0.694. The van der Waals surface area contributed by atoms with E-state index in [4.69, 9.17) is 15.0 Å². The Labute approximate surface area is 103 Å². The van der Waals surface area contributed by atoms with Crippen molar-refractivity contribution in [1.82, 2.24) is 5.32 Å². The maximum atomic E-state index is 8.56. The van der Waals surface area contributed by atoms with Crippen molar-refractivity contribution in [1.29, 1.82) is 0 Å². The molecule has 0 aromatic carbocycles. The maximum Gasteiger partial charge on any atom is 0.503 e. The molecule has 2 aliphatic carbocycles. The molecule has 2 rings (SSSR count). The Hall–Kier alpha value is -0.770. The highest BCUT2D eigenvalue weighted by Gasteiger charge is 2.19. The van der Waals surface area contributed by atoms with E-state index in [1.165, 1.54) is 64.2 Å². The summed E-state index contributed by atoms with van der Waals surface area (Å²) < 4.78 is 0. The molecule has 0 heterocycles. The van der Waals surface area contributed by atoms with Crippen molar-refractivity contribution in [3.8, 4) is 0 Å². The molecule has 4 heteroatoms. The van der Waals surface area contributed by atoms with Crippen molar-refractivity contribution in [2.75, 3.05) is 0 Å². The molecule has 2 saturated carbocycles. The summed E-state index contributed by atoms with van der Waals surface area (Å²) in [5, 5.41) is 17.8. The van der Waals surface area contributed by atoms with Crippen LogP contribution in [0.3, 0.4) is 0 Å². The van der Waals surface area contributed by atoms with Crippen molar-refractivity contribution in [3.05, 3.63) is 0 Å². The molecule has 0 aliphatic heterocycles. The van der Waals surface area contributed by atoms with E-state index < -0.39 is 6.16 Å². The molecular formula is C13H25NO3. The normalized spacial score (nSPS) is 22.6. The number of nitrogens with one attached hydrogen (secondary N) is 1. The lowest BCUT2D eigenvalue weighted by molar-refractivity contribution is 0.137. The highest BCUT2D eigenvalue weighted by molar-refractivity contribution is 5.53. The lowest BCUT2D eigenvalue weighted by atomic mass is 9.91. The van der Waals surface area contributed by atoms with Gasteiger partial charge in [0.1, 0.15) is 0 Å². The molecule has 0 radical (unpaired) electrons. The Morgan fingerprint density at radius 1 is 0.765 bits per heavy atom. The third-order valence-electron chi connectivity index (χ3n) is 3.68. The number of hydrogen-bond donors (Lipinski definition) is 3. The van der Waals surface area contributed by atoms with Gasteiger partial charge >= 0.3 is 6.16 Å². The van der Waals surface area contributed by atoms with Gasteiger partial charge in [-0.1, -0.05) is 38.5 Å². The van der Waals surface area contributed by atoms with E-state index in [0.717, 1.165) is 12.1 Å². The summed E-state index contributed by atoms with van der Waals surface area (Å²) in [7, 11) is 0. The van der Waals surface area contributed by atoms with Gasteiger partial charge in [0.25, 0.3) is 0 Å². The Balaban J connectivity index is 0.000000317. The van der Waals surface area contributed by atoms with E-state index >= 15 is 0 Å². The molecule has 100 valence electrons. The molecular weight excluding hydrogens is 218 g/mol. The Kier molecular flexibility index (Phi) is 7.01. The first-order valence-corrected chi connectivity index (χ1v) is 6.86. The van der Waals surface area contributed by atoms with E-state index in [-0.39, 0.29) is 0 Å². The summed E-state index contributed by atoms with van der Waals surface area (Å²) in [6, 6.07) is 1.74. The van der Waals surface area contributed by atoms with Crippen LogP contribution in [0.15, 0.2) is 0 Å². The van der Waals surface area contributed by atoms with Gasteiger partial charge in [0.15, 0.2) is 0 Å². The monoisotopic (exact) mass is 243 g/mol. The average Bonchev–Trinajstić information content (AvgIpc) is 2.31. The average molecular weight is 243 g/mol. The van der Waals surface area contributed by atoms with E-state index in [1.54, 1.807) is 0 Å². The maximum absolute atomic E-state index is 8.56. The second-order valence-electron chi connectivity index (χ2n) is 5.12. The van der Waals surface area contributed by atoms with Crippen LogP contribution in [0.25, 0.3) is 0 Å². The highest BCUT2D eigenvalue weighted by atomic mass is 16.6. The molecule has 0 aromatic rings.